The average molecular weight is 252 g/mol. The molecule has 96 valence electrons. The van der Waals surface area contributed by atoms with E-state index in [-0.39, 0.29) is 0 Å². The molecule has 0 aliphatic heterocycles. The summed E-state index contributed by atoms with van der Waals surface area (Å²) in [6, 6.07) is 2.75. The largest absolute Gasteiger partial charge is 0.329 e. The first-order valence-electron chi connectivity index (χ1n) is 6.66. The van der Waals surface area contributed by atoms with Crippen molar-refractivity contribution in [2.75, 3.05) is 19.6 Å². The zero-order valence-electron chi connectivity index (χ0n) is 11.2. The fourth-order valence-corrected chi connectivity index (χ4v) is 3.54. The molecule has 1 aliphatic rings. The second kappa shape index (κ2) is 5.51. The van der Waals surface area contributed by atoms with Crippen LogP contribution in [0, 0.1) is 19.8 Å². The number of hydrogen-bond acceptors (Lipinski definition) is 3. The van der Waals surface area contributed by atoms with Gasteiger partial charge in [0.2, 0.25) is 0 Å². The molecule has 17 heavy (non-hydrogen) atoms. The second-order valence-electron chi connectivity index (χ2n) is 5.15. The lowest BCUT2D eigenvalue weighted by Crippen LogP contribution is -2.35. The topological polar surface area (TPSA) is 29.3 Å². The molecular formula is C14H24N2S. The van der Waals surface area contributed by atoms with Crippen LogP contribution in [0.25, 0.3) is 0 Å². The van der Waals surface area contributed by atoms with Crippen molar-refractivity contribution in [3.8, 4) is 0 Å². The van der Waals surface area contributed by atoms with Gasteiger partial charge in [-0.1, -0.05) is 6.92 Å². The molecule has 1 unspecified atom stereocenters. The van der Waals surface area contributed by atoms with Crippen LogP contribution < -0.4 is 5.73 Å². The van der Waals surface area contributed by atoms with Gasteiger partial charge in [0.15, 0.2) is 0 Å². The van der Waals surface area contributed by atoms with Crippen LogP contribution in [0.5, 0.6) is 0 Å². The van der Waals surface area contributed by atoms with Gasteiger partial charge in [-0.2, -0.15) is 0 Å². The molecule has 3 heteroatoms. The molecule has 0 aromatic carbocycles. The smallest absolute Gasteiger partial charge is 0.0481 e. The molecule has 1 aliphatic carbocycles. The Hall–Kier alpha value is -0.380. The minimum Gasteiger partial charge on any atom is -0.329 e. The van der Waals surface area contributed by atoms with Gasteiger partial charge in [-0.15, -0.1) is 11.3 Å². The van der Waals surface area contributed by atoms with Gasteiger partial charge in [0.05, 0.1) is 0 Å². The molecule has 2 rings (SSSR count). The highest BCUT2D eigenvalue weighted by atomic mass is 32.1. The van der Waals surface area contributed by atoms with Crippen LogP contribution in [0.4, 0.5) is 0 Å². The Morgan fingerprint density at radius 1 is 1.47 bits per heavy atom. The van der Waals surface area contributed by atoms with Crippen LogP contribution >= 0.6 is 11.3 Å². The summed E-state index contributed by atoms with van der Waals surface area (Å²) in [4.78, 5) is 5.40. The predicted octanol–water partition coefficient (Wildman–Crippen LogP) is 3.10. The van der Waals surface area contributed by atoms with Gasteiger partial charge in [-0.05, 0) is 50.8 Å². The van der Waals surface area contributed by atoms with E-state index < -0.39 is 0 Å². The molecule has 0 saturated heterocycles. The van der Waals surface area contributed by atoms with Gasteiger partial charge in [-0.25, -0.2) is 0 Å². The molecular weight excluding hydrogens is 228 g/mol. The van der Waals surface area contributed by atoms with Crippen LogP contribution in [-0.4, -0.2) is 24.5 Å². The average Bonchev–Trinajstić information content (AvgIpc) is 3.05. The zero-order chi connectivity index (χ0) is 12.4. The first-order valence-corrected chi connectivity index (χ1v) is 7.48. The minimum atomic E-state index is 0.422. The lowest BCUT2D eigenvalue weighted by molar-refractivity contribution is 0.203. The standard InChI is InChI=1S/C14H24N2S/c1-4-16(9-12-5-6-12)14(8-15)13-7-10(2)17-11(13)3/h7,12,14H,4-6,8-9,15H2,1-3H3. The summed E-state index contributed by atoms with van der Waals surface area (Å²) in [7, 11) is 0. The van der Waals surface area contributed by atoms with Gasteiger partial charge < -0.3 is 5.73 Å². The van der Waals surface area contributed by atoms with Crippen molar-refractivity contribution in [3.05, 3.63) is 21.4 Å². The highest BCUT2D eigenvalue weighted by molar-refractivity contribution is 7.12. The number of nitrogens with zero attached hydrogens (tertiary/aromatic N) is 1. The lowest BCUT2D eigenvalue weighted by Gasteiger charge is -2.30. The summed E-state index contributed by atoms with van der Waals surface area (Å²) in [6.07, 6.45) is 2.82. The molecule has 1 aromatic rings. The van der Waals surface area contributed by atoms with Gasteiger partial charge in [0, 0.05) is 28.9 Å². The van der Waals surface area contributed by atoms with Crippen molar-refractivity contribution in [2.24, 2.45) is 11.7 Å². The molecule has 2 N–H and O–H groups in total. The van der Waals surface area contributed by atoms with E-state index in [1.807, 2.05) is 11.3 Å². The molecule has 2 nitrogen and oxygen atoms in total. The van der Waals surface area contributed by atoms with Gasteiger partial charge in [-0.3, -0.25) is 4.90 Å². The summed E-state index contributed by atoms with van der Waals surface area (Å²) in [6.45, 7) is 9.73. The van der Waals surface area contributed by atoms with E-state index in [4.69, 9.17) is 5.73 Å². The van der Waals surface area contributed by atoms with Crippen LogP contribution in [0.3, 0.4) is 0 Å². The molecule has 1 atom stereocenters. The van der Waals surface area contributed by atoms with Crippen molar-refractivity contribution in [3.63, 3.8) is 0 Å². The summed E-state index contributed by atoms with van der Waals surface area (Å²) in [5.41, 5.74) is 7.47. The lowest BCUT2D eigenvalue weighted by atomic mass is 10.1. The Bertz CT molecular complexity index is 368. The Kier molecular flexibility index (Phi) is 4.23. The number of rotatable bonds is 6. The molecule has 1 aromatic heterocycles. The third-order valence-corrected chi connectivity index (χ3v) is 4.68. The molecule has 0 amide bonds. The van der Waals surface area contributed by atoms with E-state index in [0.29, 0.717) is 6.04 Å². The van der Waals surface area contributed by atoms with Gasteiger partial charge in [0.25, 0.3) is 0 Å². The highest BCUT2D eigenvalue weighted by Gasteiger charge is 2.28. The van der Waals surface area contributed by atoms with Crippen LogP contribution in [-0.2, 0) is 0 Å². The summed E-state index contributed by atoms with van der Waals surface area (Å²) in [5.74, 6) is 0.934. The number of thiophene rings is 1. The fourth-order valence-electron chi connectivity index (χ4n) is 2.56. The van der Waals surface area contributed by atoms with E-state index in [1.165, 1.54) is 34.7 Å². The fraction of sp³-hybridized carbons (Fsp3) is 0.714. The Morgan fingerprint density at radius 3 is 2.59 bits per heavy atom. The first kappa shape index (κ1) is 13.1. The molecule has 1 saturated carbocycles. The Labute approximate surface area is 109 Å². The maximum Gasteiger partial charge on any atom is 0.0481 e. The van der Waals surface area contributed by atoms with E-state index in [9.17, 15) is 0 Å². The maximum atomic E-state index is 6.02. The Morgan fingerprint density at radius 2 is 2.18 bits per heavy atom. The SMILES string of the molecule is CCN(CC1CC1)C(CN)c1cc(C)sc1C. The summed E-state index contributed by atoms with van der Waals surface area (Å²) < 4.78 is 0. The quantitative estimate of drug-likeness (QED) is 0.843. The zero-order valence-corrected chi connectivity index (χ0v) is 12.0. The molecule has 0 bridgehead atoms. The van der Waals surface area contributed by atoms with Crippen molar-refractivity contribution in [1.29, 1.82) is 0 Å². The van der Waals surface area contributed by atoms with E-state index in [1.54, 1.807) is 0 Å². The van der Waals surface area contributed by atoms with Crippen molar-refractivity contribution in [1.82, 2.24) is 4.90 Å². The third-order valence-electron chi connectivity index (χ3n) is 3.70. The van der Waals surface area contributed by atoms with E-state index >= 15 is 0 Å². The molecule has 0 spiro atoms. The molecule has 1 heterocycles. The van der Waals surface area contributed by atoms with Crippen LogP contribution in [0.1, 0.15) is 41.1 Å². The predicted molar refractivity (Wildman–Crippen MR) is 75.6 cm³/mol. The van der Waals surface area contributed by atoms with Crippen molar-refractivity contribution < 1.29 is 0 Å². The summed E-state index contributed by atoms with van der Waals surface area (Å²) >= 11 is 1.89. The highest BCUT2D eigenvalue weighted by Crippen LogP contribution is 2.34. The monoisotopic (exact) mass is 252 g/mol. The number of nitrogens with two attached hydrogens (primary N) is 1. The third kappa shape index (κ3) is 3.09. The normalized spacial score (nSPS) is 17.7. The number of likely N-dealkylation sites (N-methyl/N-ethyl adjacent to an activating group) is 1. The van der Waals surface area contributed by atoms with Crippen LogP contribution in [0.15, 0.2) is 6.07 Å². The van der Waals surface area contributed by atoms with Crippen molar-refractivity contribution >= 4 is 11.3 Å². The van der Waals surface area contributed by atoms with Crippen LogP contribution in [0.2, 0.25) is 0 Å². The number of hydrogen-bond donors (Lipinski definition) is 1. The molecule has 0 radical (unpaired) electrons. The minimum absolute atomic E-state index is 0.422. The van der Waals surface area contributed by atoms with E-state index in [0.717, 1.165) is 19.0 Å². The molecule has 1 fully saturated rings. The van der Waals surface area contributed by atoms with E-state index in [2.05, 4.69) is 31.7 Å². The van der Waals surface area contributed by atoms with Gasteiger partial charge >= 0.3 is 0 Å². The number of aryl methyl sites for hydroxylation is 2. The van der Waals surface area contributed by atoms with Gasteiger partial charge in [0.1, 0.15) is 0 Å². The first-order chi connectivity index (χ1) is 8.15. The van der Waals surface area contributed by atoms with Crippen molar-refractivity contribution in [2.45, 2.75) is 39.7 Å². The second-order valence-corrected chi connectivity index (χ2v) is 6.61. The Balaban J connectivity index is 2.14. The summed E-state index contributed by atoms with van der Waals surface area (Å²) in [5, 5.41) is 0. The maximum absolute atomic E-state index is 6.02.